The molecule has 9 aromatic carbocycles. The van der Waals surface area contributed by atoms with E-state index in [1.807, 2.05) is 18.2 Å². The summed E-state index contributed by atoms with van der Waals surface area (Å²) >= 11 is 0. The topological polar surface area (TPSA) is 25.8 Å². The molecule has 2 heteroatoms. The van der Waals surface area contributed by atoms with Gasteiger partial charge in [0.05, 0.1) is 11.4 Å². The van der Waals surface area contributed by atoms with Crippen LogP contribution in [-0.4, -0.2) is 9.97 Å². The Balaban J connectivity index is 1.02. The van der Waals surface area contributed by atoms with Crippen LogP contribution in [0.3, 0.4) is 0 Å². The van der Waals surface area contributed by atoms with E-state index in [-0.39, 0.29) is 5.41 Å². The summed E-state index contributed by atoms with van der Waals surface area (Å²) in [7, 11) is 0. The predicted octanol–water partition coefficient (Wildman–Crippen LogP) is 15.1. The molecule has 59 heavy (non-hydrogen) atoms. The SMILES string of the molecule is CC1(C)c2ccccc2-c2cc(-c3cccc(-c4ccc(-c5cc(-c6cccc(-c7cccc8ccccc78)c6)nc(-c6ccccc6)n5)c5ccccc45)c3)ccc21. The lowest BCUT2D eigenvalue weighted by molar-refractivity contribution is 0.660. The van der Waals surface area contributed by atoms with Crippen LogP contribution in [0.15, 0.2) is 206 Å². The van der Waals surface area contributed by atoms with Gasteiger partial charge in [-0.2, -0.15) is 0 Å². The summed E-state index contributed by atoms with van der Waals surface area (Å²) in [5, 5.41) is 4.80. The minimum atomic E-state index is -0.0131. The van der Waals surface area contributed by atoms with Gasteiger partial charge in [-0.25, -0.2) is 9.97 Å². The molecule has 0 saturated heterocycles. The molecule has 0 amide bonds. The van der Waals surface area contributed by atoms with Crippen LogP contribution in [0.4, 0.5) is 0 Å². The molecule has 1 aromatic heterocycles. The molecule has 0 unspecified atom stereocenters. The molecule has 11 rings (SSSR count). The molecule has 1 heterocycles. The van der Waals surface area contributed by atoms with Crippen molar-refractivity contribution >= 4 is 21.5 Å². The van der Waals surface area contributed by atoms with E-state index in [0.29, 0.717) is 5.82 Å². The highest BCUT2D eigenvalue weighted by atomic mass is 14.9. The summed E-state index contributed by atoms with van der Waals surface area (Å²) in [6.45, 7) is 4.67. The first kappa shape index (κ1) is 34.8. The van der Waals surface area contributed by atoms with Crippen molar-refractivity contribution in [2.24, 2.45) is 0 Å². The van der Waals surface area contributed by atoms with Crippen LogP contribution in [0.1, 0.15) is 25.0 Å². The Morgan fingerprint density at radius 1 is 0.305 bits per heavy atom. The Hall–Kier alpha value is -7.42. The van der Waals surface area contributed by atoms with Crippen molar-refractivity contribution < 1.29 is 0 Å². The van der Waals surface area contributed by atoms with Crippen molar-refractivity contribution in [2.75, 3.05) is 0 Å². The van der Waals surface area contributed by atoms with Crippen molar-refractivity contribution in [2.45, 2.75) is 19.3 Å². The van der Waals surface area contributed by atoms with Gasteiger partial charge in [0.25, 0.3) is 0 Å². The molecular formula is C57H40N2. The third-order valence-corrected chi connectivity index (χ3v) is 12.3. The van der Waals surface area contributed by atoms with Crippen molar-refractivity contribution in [3.63, 3.8) is 0 Å². The summed E-state index contributed by atoms with van der Waals surface area (Å²) in [5.41, 5.74) is 17.5. The Kier molecular flexibility index (Phi) is 8.20. The molecule has 0 aliphatic heterocycles. The van der Waals surface area contributed by atoms with Gasteiger partial charge < -0.3 is 0 Å². The number of benzene rings is 9. The van der Waals surface area contributed by atoms with Gasteiger partial charge in [0.2, 0.25) is 0 Å². The molecule has 0 fully saturated rings. The van der Waals surface area contributed by atoms with Gasteiger partial charge >= 0.3 is 0 Å². The molecule has 0 saturated carbocycles. The van der Waals surface area contributed by atoms with Crippen molar-refractivity contribution in [1.82, 2.24) is 9.97 Å². The van der Waals surface area contributed by atoms with E-state index in [9.17, 15) is 0 Å². The van der Waals surface area contributed by atoms with Gasteiger partial charge in [0.15, 0.2) is 5.82 Å². The molecule has 2 nitrogen and oxygen atoms in total. The Bertz CT molecular complexity index is 3240. The molecule has 0 bridgehead atoms. The van der Waals surface area contributed by atoms with Crippen LogP contribution in [0.2, 0.25) is 0 Å². The smallest absolute Gasteiger partial charge is 0.160 e. The number of rotatable bonds is 6. The summed E-state index contributed by atoms with van der Waals surface area (Å²) in [4.78, 5) is 10.5. The maximum Gasteiger partial charge on any atom is 0.160 e. The first-order valence-corrected chi connectivity index (χ1v) is 20.4. The van der Waals surface area contributed by atoms with E-state index >= 15 is 0 Å². The van der Waals surface area contributed by atoms with Gasteiger partial charge in [0, 0.05) is 22.1 Å². The zero-order valence-corrected chi connectivity index (χ0v) is 33.0. The summed E-state index contributed by atoms with van der Waals surface area (Å²) in [5.74, 6) is 0.704. The first-order chi connectivity index (χ1) is 29.0. The molecule has 1 aliphatic rings. The third-order valence-electron chi connectivity index (χ3n) is 12.3. The summed E-state index contributed by atoms with van der Waals surface area (Å²) in [6.07, 6.45) is 0. The molecule has 0 spiro atoms. The number of aromatic nitrogens is 2. The van der Waals surface area contributed by atoms with Crippen LogP contribution in [0, 0.1) is 0 Å². The number of nitrogens with zero attached hydrogens (tertiary/aromatic N) is 2. The summed E-state index contributed by atoms with van der Waals surface area (Å²) < 4.78 is 0. The van der Waals surface area contributed by atoms with Gasteiger partial charge in [-0.3, -0.25) is 0 Å². The molecular weight excluding hydrogens is 713 g/mol. The lowest BCUT2D eigenvalue weighted by Gasteiger charge is -2.21. The number of fused-ring (bicyclic) bond motifs is 5. The van der Waals surface area contributed by atoms with Crippen molar-refractivity contribution in [3.05, 3.63) is 217 Å². The fraction of sp³-hybridized carbons (Fsp3) is 0.0526. The van der Waals surface area contributed by atoms with Crippen LogP contribution in [0.5, 0.6) is 0 Å². The quantitative estimate of drug-likeness (QED) is 0.169. The van der Waals surface area contributed by atoms with E-state index < -0.39 is 0 Å². The Morgan fingerprint density at radius 3 is 1.66 bits per heavy atom. The zero-order valence-electron chi connectivity index (χ0n) is 33.0. The molecule has 0 radical (unpaired) electrons. The van der Waals surface area contributed by atoms with Crippen LogP contribution >= 0.6 is 0 Å². The lowest BCUT2D eigenvalue weighted by Crippen LogP contribution is -2.14. The zero-order chi connectivity index (χ0) is 39.5. The molecule has 0 atom stereocenters. The fourth-order valence-electron chi connectivity index (χ4n) is 9.31. The largest absolute Gasteiger partial charge is 0.228 e. The van der Waals surface area contributed by atoms with E-state index in [4.69, 9.17) is 9.97 Å². The highest BCUT2D eigenvalue weighted by Gasteiger charge is 2.35. The number of hydrogen-bond donors (Lipinski definition) is 0. The molecule has 0 N–H and O–H groups in total. The van der Waals surface area contributed by atoms with Crippen LogP contribution in [-0.2, 0) is 5.41 Å². The maximum absolute atomic E-state index is 5.27. The van der Waals surface area contributed by atoms with Gasteiger partial charge in [0.1, 0.15) is 0 Å². The van der Waals surface area contributed by atoms with Crippen molar-refractivity contribution in [3.8, 4) is 78.4 Å². The van der Waals surface area contributed by atoms with E-state index in [1.165, 1.54) is 66.2 Å². The van der Waals surface area contributed by atoms with Gasteiger partial charge in [-0.05, 0) is 101 Å². The second-order valence-electron chi connectivity index (χ2n) is 16.2. The minimum absolute atomic E-state index is 0.0131. The van der Waals surface area contributed by atoms with E-state index in [1.54, 1.807) is 0 Å². The normalized spacial score (nSPS) is 12.7. The molecule has 10 aromatic rings. The van der Waals surface area contributed by atoms with Crippen LogP contribution < -0.4 is 0 Å². The lowest BCUT2D eigenvalue weighted by atomic mass is 9.82. The average molecular weight is 753 g/mol. The van der Waals surface area contributed by atoms with Crippen molar-refractivity contribution in [1.29, 1.82) is 0 Å². The van der Waals surface area contributed by atoms with E-state index in [0.717, 1.165) is 39.0 Å². The number of hydrogen-bond acceptors (Lipinski definition) is 2. The monoisotopic (exact) mass is 752 g/mol. The highest BCUT2D eigenvalue weighted by Crippen LogP contribution is 2.49. The third kappa shape index (κ3) is 5.96. The first-order valence-electron chi connectivity index (χ1n) is 20.4. The maximum atomic E-state index is 5.27. The predicted molar refractivity (Wildman–Crippen MR) is 247 cm³/mol. The fourth-order valence-corrected chi connectivity index (χ4v) is 9.31. The minimum Gasteiger partial charge on any atom is -0.228 e. The summed E-state index contributed by atoms with van der Waals surface area (Å²) in [6, 6.07) is 74.4. The highest BCUT2D eigenvalue weighted by molar-refractivity contribution is 6.05. The second-order valence-corrected chi connectivity index (χ2v) is 16.2. The van der Waals surface area contributed by atoms with E-state index in [2.05, 4.69) is 202 Å². The Labute approximate surface area is 345 Å². The second kappa shape index (κ2) is 13.9. The Morgan fingerprint density at radius 2 is 0.831 bits per heavy atom. The van der Waals surface area contributed by atoms with Gasteiger partial charge in [-0.1, -0.05) is 196 Å². The molecule has 1 aliphatic carbocycles. The van der Waals surface area contributed by atoms with Gasteiger partial charge in [-0.15, -0.1) is 0 Å². The standard InChI is InChI=1S/C57H40N2/c1-57(2)52-28-11-10-26-49(52)51-35-40(29-32-53(51)57)39-19-12-20-41(33-39)46-30-31-50(48-25-9-8-24-47(46)48)55-36-54(58-56(59-55)38-16-4-3-5-17-38)43-22-13-21-42(34-43)45-27-14-18-37-15-6-7-23-44(37)45/h3-36H,1-2H3. The van der Waals surface area contributed by atoms with Crippen LogP contribution in [0.25, 0.3) is 100.0 Å². The average Bonchev–Trinajstić information content (AvgIpc) is 3.53. The molecule has 278 valence electrons.